The Morgan fingerprint density at radius 3 is 1.81 bits per heavy atom. The summed E-state index contributed by atoms with van der Waals surface area (Å²) in [6, 6.07) is 0. The average molecular weight is 262 g/mol. The first-order valence-corrected chi connectivity index (χ1v) is 5.75. The summed E-state index contributed by atoms with van der Waals surface area (Å²) >= 11 is 0. The van der Waals surface area contributed by atoms with E-state index in [1.807, 2.05) is 0 Å². The fraction of sp³-hybridized carbons (Fsp3) is 1.00. The molecule has 4 atom stereocenters. The van der Waals surface area contributed by atoms with Gasteiger partial charge in [0, 0.05) is 0 Å². The molecular formula is C6H15O9P. The molecule has 0 fully saturated rings. The minimum Gasteiger partial charge on any atom is -0.394 e. The van der Waals surface area contributed by atoms with Crippen molar-refractivity contribution in [3.05, 3.63) is 0 Å². The molecule has 0 rings (SSSR count). The van der Waals surface area contributed by atoms with Gasteiger partial charge in [-0.15, -0.1) is 0 Å². The summed E-state index contributed by atoms with van der Waals surface area (Å²) in [6.07, 6.45) is -7.27. The maximum absolute atomic E-state index is 10.2. The predicted molar refractivity (Wildman–Crippen MR) is 49.1 cm³/mol. The lowest BCUT2D eigenvalue weighted by molar-refractivity contribution is -0.122. The van der Waals surface area contributed by atoms with Crippen LogP contribution in [-0.4, -0.2) is 72.9 Å². The van der Waals surface area contributed by atoms with E-state index in [1.165, 1.54) is 0 Å². The molecule has 0 bridgehead atoms. The molecule has 98 valence electrons. The van der Waals surface area contributed by atoms with Crippen LogP contribution in [0.15, 0.2) is 0 Å². The Labute approximate surface area is 90.8 Å². The third kappa shape index (κ3) is 5.85. The predicted octanol–water partition coefficient (Wildman–Crippen LogP) is -3.47. The lowest BCUT2D eigenvalue weighted by Gasteiger charge is -2.25. The lowest BCUT2D eigenvalue weighted by Crippen LogP contribution is -2.47. The zero-order valence-electron chi connectivity index (χ0n) is 8.12. The fourth-order valence-electron chi connectivity index (χ4n) is 0.835. The minimum atomic E-state index is -4.78. The third-order valence-corrected chi connectivity index (χ3v) is 2.22. The van der Waals surface area contributed by atoms with Gasteiger partial charge in [0.2, 0.25) is 0 Å². The smallest absolute Gasteiger partial charge is 0.394 e. The summed E-state index contributed by atoms with van der Waals surface area (Å²) in [5, 5.41) is 44.8. The topological polar surface area (TPSA) is 168 Å². The zero-order valence-corrected chi connectivity index (χ0v) is 9.01. The Morgan fingerprint density at radius 1 is 1.00 bits per heavy atom. The van der Waals surface area contributed by atoms with Crippen molar-refractivity contribution >= 4 is 7.82 Å². The van der Waals surface area contributed by atoms with E-state index >= 15 is 0 Å². The van der Waals surface area contributed by atoms with Crippen molar-refractivity contribution in [1.29, 1.82) is 0 Å². The molecule has 0 aromatic heterocycles. The number of aliphatic hydroxyl groups excluding tert-OH is 5. The highest BCUT2D eigenvalue weighted by atomic mass is 31.2. The molecule has 0 saturated carbocycles. The van der Waals surface area contributed by atoms with Crippen molar-refractivity contribution in [2.45, 2.75) is 24.4 Å². The Kier molecular flexibility index (Phi) is 6.56. The van der Waals surface area contributed by atoms with Gasteiger partial charge >= 0.3 is 7.82 Å². The van der Waals surface area contributed by atoms with Gasteiger partial charge in [-0.3, -0.25) is 4.52 Å². The van der Waals surface area contributed by atoms with E-state index in [1.54, 1.807) is 0 Å². The van der Waals surface area contributed by atoms with Crippen molar-refractivity contribution in [1.82, 2.24) is 0 Å². The Morgan fingerprint density at radius 2 is 1.44 bits per heavy atom. The minimum absolute atomic E-state index is 0.843. The van der Waals surface area contributed by atoms with Gasteiger partial charge < -0.3 is 35.3 Å². The van der Waals surface area contributed by atoms with Crippen LogP contribution in [0.5, 0.6) is 0 Å². The van der Waals surface area contributed by atoms with E-state index in [4.69, 9.17) is 30.2 Å². The summed E-state index contributed by atoms with van der Waals surface area (Å²) in [6.45, 7) is -1.77. The molecule has 0 aliphatic carbocycles. The maximum atomic E-state index is 10.2. The van der Waals surface area contributed by atoms with E-state index in [2.05, 4.69) is 4.52 Å². The Balaban J connectivity index is 4.17. The summed E-state index contributed by atoms with van der Waals surface area (Å²) in [7, 11) is -4.78. The third-order valence-electron chi connectivity index (χ3n) is 1.74. The van der Waals surface area contributed by atoms with Gasteiger partial charge in [-0.2, -0.15) is 0 Å². The summed E-state index contributed by atoms with van der Waals surface area (Å²) in [4.78, 5) is 16.6. The van der Waals surface area contributed by atoms with Crippen LogP contribution in [-0.2, 0) is 9.09 Å². The molecule has 0 aromatic rings. The summed E-state index contributed by atoms with van der Waals surface area (Å²) < 4.78 is 14.1. The largest absolute Gasteiger partial charge is 0.469 e. The fourth-order valence-corrected chi connectivity index (χ4v) is 1.18. The number of rotatable bonds is 7. The molecule has 0 spiro atoms. The number of phosphoric ester groups is 1. The molecular weight excluding hydrogens is 247 g/mol. The standard InChI is InChI=1S/C6H15O9P/c7-1-3(8)5(10)6(11)4(9)2-15-16(12,13)14/h3-11H,1-2H2,(H2,12,13,14)/t3-,4+,5-,6-/m1/s1. The highest BCUT2D eigenvalue weighted by Crippen LogP contribution is 2.35. The molecule has 0 radical (unpaired) electrons. The van der Waals surface area contributed by atoms with Gasteiger partial charge in [0.25, 0.3) is 0 Å². The molecule has 0 amide bonds. The maximum Gasteiger partial charge on any atom is 0.469 e. The highest BCUT2D eigenvalue weighted by molar-refractivity contribution is 7.46. The second-order valence-electron chi connectivity index (χ2n) is 3.08. The van der Waals surface area contributed by atoms with Crippen LogP contribution < -0.4 is 0 Å². The monoisotopic (exact) mass is 262 g/mol. The normalized spacial score (nSPS) is 20.2. The molecule has 0 aliphatic heterocycles. The van der Waals surface area contributed by atoms with Crippen LogP contribution in [0.1, 0.15) is 0 Å². The van der Waals surface area contributed by atoms with Gasteiger partial charge in [-0.05, 0) is 0 Å². The summed E-state index contributed by atoms with van der Waals surface area (Å²) in [5.74, 6) is 0. The molecule has 0 aliphatic rings. The molecule has 0 aromatic carbocycles. The van der Waals surface area contributed by atoms with Crippen LogP contribution >= 0.6 is 7.82 Å². The van der Waals surface area contributed by atoms with E-state index < -0.39 is 45.5 Å². The number of hydrogen-bond donors (Lipinski definition) is 7. The van der Waals surface area contributed by atoms with Crippen LogP contribution in [0.25, 0.3) is 0 Å². The van der Waals surface area contributed by atoms with Gasteiger partial charge in [0.05, 0.1) is 13.2 Å². The lowest BCUT2D eigenvalue weighted by atomic mass is 10.0. The molecule has 7 N–H and O–H groups in total. The first kappa shape index (κ1) is 15.9. The molecule has 0 heterocycles. The SMILES string of the molecule is O=P(O)(O)OC[C@H](O)[C@@H](O)[C@H](O)[C@H](O)CO. The van der Waals surface area contributed by atoms with E-state index in [0.717, 1.165) is 0 Å². The van der Waals surface area contributed by atoms with Crippen LogP contribution in [0.2, 0.25) is 0 Å². The van der Waals surface area contributed by atoms with Crippen molar-refractivity contribution in [2.75, 3.05) is 13.2 Å². The van der Waals surface area contributed by atoms with Crippen LogP contribution in [0.3, 0.4) is 0 Å². The van der Waals surface area contributed by atoms with Crippen molar-refractivity contribution < 1.29 is 44.4 Å². The number of hydrogen-bond acceptors (Lipinski definition) is 7. The van der Waals surface area contributed by atoms with E-state index in [9.17, 15) is 9.67 Å². The molecule has 16 heavy (non-hydrogen) atoms. The van der Waals surface area contributed by atoms with Gasteiger partial charge in [0.15, 0.2) is 0 Å². The molecule has 9 nitrogen and oxygen atoms in total. The Bertz CT molecular complexity index is 240. The van der Waals surface area contributed by atoms with Crippen molar-refractivity contribution in [2.24, 2.45) is 0 Å². The van der Waals surface area contributed by atoms with Gasteiger partial charge in [-0.1, -0.05) is 0 Å². The number of aliphatic hydroxyl groups is 5. The zero-order chi connectivity index (χ0) is 12.9. The summed E-state index contributed by atoms with van der Waals surface area (Å²) in [5.41, 5.74) is 0. The average Bonchev–Trinajstić information content (AvgIpc) is 2.21. The second kappa shape index (κ2) is 6.60. The van der Waals surface area contributed by atoms with Crippen molar-refractivity contribution in [3.8, 4) is 0 Å². The van der Waals surface area contributed by atoms with Gasteiger partial charge in [-0.25, -0.2) is 4.57 Å². The second-order valence-corrected chi connectivity index (χ2v) is 4.32. The quantitative estimate of drug-likeness (QED) is 0.230. The molecule has 10 heteroatoms. The Hall–Kier alpha value is -0.0900. The van der Waals surface area contributed by atoms with Crippen LogP contribution in [0, 0.1) is 0 Å². The van der Waals surface area contributed by atoms with Crippen LogP contribution in [0.4, 0.5) is 0 Å². The highest BCUT2D eigenvalue weighted by Gasteiger charge is 2.31. The first-order valence-electron chi connectivity index (χ1n) is 4.22. The van der Waals surface area contributed by atoms with Gasteiger partial charge in [0.1, 0.15) is 24.4 Å². The first-order chi connectivity index (χ1) is 7.19. The molecule has 0 unspecified atom stereocenters. The van der Waals surface area contributed by atoms with Crippen molar-refractivity contribution in [3.63, 3.8) is 0 Å². The van der Waals surface area contributed by atoms with E-state index in [-0.39, 0.29) is 0 Å². The van der Waals surface area contributed by atoms with E-state index in [0.29, 0.717) is 0 Å². The number of phosphoric acid groups is 1. The molecule has 0 saturated heterocycles.